The van der Waals surface area contributed by atoms with E-state index in [0.29, 0.717) is 0 Å². The average molecular weight is 383 g/mol. The fraction of sp³-hybridized carbons (Fsp3) is 0.500. The Morgan fingerprint density at radius 1 is 0.519 bits per heavy atom. The maximum Gasteiger partial charge on any atom is 0.169 e. The van der Waals surface area contributed by atoms with Crippen LogP contribution in [0.2, 0.25) is 0 Å². The highest BCUT2D eigenvalue weighted by Crippen LogP contribution is 2.55. The molecule has 2 fully saturated rings. The second-order valence-corrected chi connectivity index (χ2v) is 10.9. The summed E-state index contributed by atoms with van der Waals surface area (Å²) in [5.74, 6) is 0. The highest BCUT2D eigenvalue weighted by atomic mass is 32.2. The van der Waals surface area contributed by atoms with Crippen LogP contribution < -0.4 is 0 Å². The first kappa shape index (κ1) is 18.7. The van der Waals surface area contributed by atoms with Crippen LogP contribution in [0.25, 0.3) is 0 Å². The Hall–Kier alpha value is -1.61. The lowest BCUT2D eigenvalue weighted by molar-refractivity contribution is 0.332. The molecule has 0 saturated heterocycles. The first-order valence-electron chi connectivity index (χ1n) is 10.5. The van der Waals surface area contributed by atoms with Gasteiger partial charge < -0.3 is 0 Å². The molecule has 144 valence electrons. The number of sulfone groups is 1. The summed E-state index contributed by atoms with van der Waals surface area (Å²) in [5.41, 5.74) is 2.01. The van der Waals surface area contributed by atoms with E-state index in [1.807, 2.05) is 60.7 Å². The Balaban J connectivity index is 1.92. The third-order valence-electron chi connectivity index (χ3n) is 6.95. The molecule has 0 aliphatic heterocycles. The molecular formula is C24H30O2S. The van der Waals surface area contributed by atoms with Crippen molar-refractivity contribution in [1.82, 2.24) is 0 Å². The van der Waals surface area contributed by atoms with E-state index < -0.39 is 19.3 Å². The van der Waals surface area contributed by atoms with Gasteiger partial charge in [0.2, 0.25) is 0 Å². The lowest BCUT2D eigenvalue weighted by Gasteiger charge is -2.47. The van der Waals surface area contributed by atoms with Crippen molar-refractivity contribution in [3.63, 3.8) is 0 Å². The third kappa shape index (κ3) is 2.95. The van der Waals surface area contributed by atoms with Crippen LogP contribution in [0.1, 0.15) is 75.3 Å². The summed E-state index contributed by atoms with van der Waals surface area (Å²) >= 11 is 0. The van der Waals surface area contributed by atoms with E-state index >= 15 is 0 Å². The monoisotopic (exact) mass is 382 g/mol. The molecule has 2 saturated carbocycles. The summed E-state index contributed by atoms with van der Waals surface area (Å²) in [6.07, 6.45) is 9.31. The molecule has 0 radical (unpaired) electrons. The molecule has 0 heterocycles. The average Bonchev–Trinajstić information content (AvgIpc) is 2.76. The molecule has 0 spiro atoms. The second kappa shape index (κ2) is 7.43. The lowest BCUT2D eigenvalue weighted by Crippen LogP contribution is -2.50. The topological polar surface area (TPSA) is 34.1 Å². The molecule has 2 aromatic carbocycles. The van der Waals surface area contributed by atoms with Crippen LogP contribution in [0.3, 0.4) is 0 Å². The Kier molecular flexibility index (Phi) is 5.15. The van der Waals surface area contributed by atoms with Gasteiger partial charge in [0, 0.05) is 0 Å². The van der Waals surface area contributed by atoms with E-state index in [9.17, 15) is 8.42 Å². The summed E-state index contributed by atoms with van der Waals surface area (Å²) in [6, 6.07) is 20.1. The maximum atomic E-state index is 14.6. The lowest BCUT2D eigenvalue weighted by atomic mass is 9.82. The Morgan fingerprint density at radius 3 is 1.19 bits per heavy atom. The maximum absolute atomic E-state index is 14.6. The number of hydrogen-bond donors (Lipinski definition) is 0. The van der Waals surface area contributed by atoms with Crippen molar-refractivity contribution in [2.75, 3.05) is 0 Å². The van der Waals surface area contributed by atoms with Crippen molar-refractivity contribution in [2.24, 2.45) is 0 Å². The molecular weight excluding hydrogens is 352 g/mol. The highest BCUT2D eigenvalue weighted by Gasteiger charge is 2.57. The molecule has 0 amide bonds. The van der Waals surface area contributed by atoms with Gasteiger partial charge in [-0.05, 0) is 36.8 Å². The van der Waals surface area contributed by atoms with Gasteiger partial charge in [-0.2, -0.15) is 0 Å². The zero-order valence-corrected chi connectivity index (χ0v) is 16.9. The minimum atomic E-state index is -3.41. The number of rotatable bonds is 4. The van der Waals surface area contributed by atoms with Gasteiger partial charge in [-0.1, -0.05) is 99.2 Å². The van der Waals surface area contributed by atoms with E-state index in [4.69, 9.17) is 0 Å². The molecule has 3 heteroatoms. The molecule has 2 aliphatic carbocycles. The predicted octanol–water partition coefficient (Wildman–Crippen LogP) is 6.12. The summed E-state index contributed by atoms with van der Waals surface area (Å²) in [6.45, 7) is 0. The minimum absolute atomic E-state index is 0.736. The summed E-state index contributed by atoms with van der Waals surface area (Å²) < 4.78 is 27.7. The molecule has 27 heavy (non-hydrogen) atoms. The van der Waals surface area contributed by atoms with Gasteiger partial charge in [-0.15, -0.1) is 0 Å². The van der Waals surface area contributed by atoms with Crippen molar-refractivity contribution in [1.29, 1.82) is 0 Å². The van der Waals surface area contributed by atoms with Crippen LogP contribution in [0.4, 0.5) is 0 Å². The van der Waals surface area contributed by atoms with Crippen LogP contribution >= 0.6 is 0 Å². The van der Waals surface area contributed by atoms with Crippen LogP contribution in [0.5, 0.6) is 0 Å². The molecule has 0 bridgehead atoms. The molecule has 2 aliphatic rings. The van der Waals surface area contributed by atoms with E-state index in [2.05, 4.69) is 0 Å². The van der Waals surface area contributed by atoms with Gasteiger partial charge in [0.05, 0.1) is 9.49 Å². The van der Waals surface area contributed by atoms with Gasteiger partial charge in [-0.3, -0.25) is 0 Å². The van der Waals surface area contributed by atoms with E-state index in [1.165, 1.54) is 0 Å². The van der Waals surface area contributed by atoms with Gasteiger partial charge in [0.1, 0.15) is 0 Å². The quantitative estimate of drug-likeness (QED) is 0.638. The van der Waals surface area contributed by atoms with Crippen molar-refractivity contribution in [3.8, 4) is 0 Å². The van der Waals surface area contributed by atoms with Crippen molar-refractivity contribution in [2.45, 2.75) is 73.7 Å². The predicted molar refractivity (Wildman–Crippen MR) is 111 cm³/mol. The zero-order valence-electron chi connectivity index (χ0n) is 16.1. The van der Waals surface area contributed by atoms with Gasteiger partial charge in [-0.25, -0.2) is 8.42 Å². The first-order chi connectivity index (χ1) is 13.1. The molecule has 0 N–H and O–H groups in total. The van der Waals surface area contributed by atoms with E-state index in [0.717, 1.165) is 75.3 Å². The smallest absolute Gasteiger partial charge is 0.169 e. The van der Waals surface area contributed by atoms with E-state index in [-0.39, 0.29) is 0 Å². The first-order valence-corrected chi connectivity index (χ1v) is 12.0. The Labute approximate surface area is 163 Å². The second-order valence-electron chi connectivity index (χ2n) is 8.35. The van der Waals surface area contributed by atoms with Crippen molar-refractivity contribution >= 4 is 9.84 Å². The van der Waals surface area contributed by atoms with Crippen LogP contribution in [0.15, 0.2) is 60.7 Å². The van der Waals surface area contributed by atoms with Gasteiger partial charge in [0.25, 0.3) is 0 Å². The molecule has 0 unspecified atom stereocenters. The van der Waals surface area contributed by atoms with Gasteiger partial charge in [0.15, 0.2) is 9.84 Å². The normalized spacial score (nSPS) is 22.2. The minimum Gasteiger partial charge on any atom is -0.227 e. The molecule has 0 aromatic heterocycles. The molecule has 2 aromatic rings. The number of benzene rings is 2. The van der Waals surface area contributed by atoms with Crippen LogP contribution in [0, 0.1) is 0 Å². The number of hydrogen-bond acceptors (Lipinski definition) is 2. The summed E-state index contributed by atoms with van der Waals surface area (Å²) in [7, 11) is -3.41. The molecule has 2 nitrogen and oxygen atoms in total. The van der Waals surface area contributed by atoms with Crippen LogP contribution in [-0.2, 0) is 19.3 Å². The van der Waals surface area contributed by atoms with Crippen molar-refractivity contribution in [3.05, 3.63) is 71.8 Å². The third-order valence-corrected chi connectivity index (χ3v) is 10.3. The van der Waals surface area contributed by atoms with E-state index in [1.54, 1.807) is 0 Å². The molecule has 0 atom stereocenters. The SMILES string of the molecule is O=S(=O)(C1(c2ccccc2)CCCCC1)C1(c2ccccc2)CCCCC1. The fourth-order valence-electron chi connectivity index (χ4n) is 5.53. The van der Waals surface area contributed by atoms with Crippen molar-refractivity contribution < 1.29 is 8.42 Å². The fourth-order valence-corrected chi connectivity index (χ4v) is 8.82. The Morgan fingerprint density at radius 2 is 0.852 bits per heavy atom. The summed E-state index contributed by atoms with van der Waals surface area (Å²) in [4.78, 5) is 0. The van der Waals surface area contributed by atoms with Crippen LogP contribution in [-0.4, -0.2) is 8.42 Å². The largest absolute Gasteiger partial charge is 0.227 e. The van der Waals surface area contributed by atoms with Gasteiger partial charge >= 0.3 is 0 Å². The standard InChI is InChI=1S/C24H30O2S/c25-27(26,23(17-9-3-10-18-23)21-13-5-1-6-14-21)24(19-11-4-12-20-24)22-15-7-2-8-16-22/h1-2,5-8,13-16H,3-4,9-12,17-20H2. The molecule has 4 rings (SSSR count). The zero-order chi connectivity index (χ0) is 18.8. The Bertz CT molecular complexity index is 776. The summed E-state index contributed by atoms with van der Waals surface area (Å²) in [5, 5.41) is 0. The highest BCUT2D eigenvalue weighted by molar-refractivity contribution is 7.93.